The van der Waals surface area contributed by atoms with Crippen molar-refractivity contribution in [2.24, 2.45) is 0 Å². The van der Waals surface area contributed by atoms with E-state index < -0.39 is 5.54 Å². The number of carbonyl (C=O) groups excluding carboxylic acids is 2. The van der Waals surface area contributed by atoms with Crippen molar-refractivity contribution in [3.8, 4) is 0 Å². The third-order valence-electron chi connectivity index (χ3n) is 5.01. The van der Waals surface area contributed by atoms with Crippen molar-refractivity contribution < 1.29 is 14.3 Å². The second-order valence-electron chi connectivity index (χ2n) is 7.20. The highest BCUT2D eigenvalue weighted by Gasteiger charge is 2.37. The van der Waals surface area contributed by atoms with E-state index in [1.807, 2.05) is 24.3 Å². The molecule has 0 radical (unpaired) electrons. The Morgan fingerprint density at radius 3 is 2.61 bits per heavy atom. The number of rotatable bonds is 7. The van der Waals surface area contributed by atoms with Crippen LogP contribution in [0.4, 0.5) is 0 Å². The first-order valence-electron chi connectivity index (χ1n) is 9.62. The monoisotopic (exact) mass is 404 g/mol. The molecule has 0 aliphatic heterocycles. The molecule has 1 saturated carbocycles. The van der Waals surface area contributed by atoms with Gasteiger partial charge in [-0.05, 0) is 37.5 Å². The third-order valence-corrected chi connectivity index (χ3v) is 5.26. The van der Waals surface area contributed by atoms with Gasteiger partial charge in [-0.25, -0.2) is 4.68 Å². The van der Waals surface area contributed by atoms with Gasteiger partial charge in [0.2, 0.25) is 0 Å². The summed E-state index contributed by atoms with van der Waals surface area (Å²) in [6.07, 6.45) is 6.38. The van der Waals surface area contributed by atoms with Gasteiger partial charge in [0.25, 0.3) is 5.91 Å². The Balaban J connectivity index is 1.67. The lowest BCUT2D eigenvalue weighted by Gasteiger charge is -2.37. The molecule has 0 unspecified atom stereocenters. The van der Waals surface area contributed by atoms with Crippen molar-refractivity contribution in [2.75, 3.05) is 6.61 Å². The van der Waals surface area contributed by atoms with E-state index in [1.165, 1.54) is 0 Å². The normalized spacial score (nSPS) is 15.8. The lowest BCUT2D eigenvalue weighted by atomic mass is 9.79. The van der Waals surface area contributed by atoms with Crippen LogP contribution in [0.5, 0.6) is 0 Å². The number of nitrogens with zero attached hydrogens (tertiary/aromatic N) is 3. The lowest BCUT2D eigenvalue weighted by Crippen LogP contribution is -2.51. The molecule has 3 rings (SSSR count). The van der Waals surface area contributed by atoms with Gasteiger partial charge in [0.05, 0.1) is 31.3 Å². The average Bonchev–Trinajstić information content (AvgIpc) is 3.13. The summed E-state index contributed by atoms with van der Waals surface area (Å²) in [6, 6.07) is 7.42. The van der Waals surface area contributed by atoms with Gasteiger partial charge in [-0.15, -0.1) is 5.10 Å². The summed E-state index contributed by atoms with van der Waals surface area (Å²) < 4.78 is 6.71. The molecule has 8 heteroatoms. The van der Waals surface area contributed by atoms with Gasteiger partial charge in [0.15, 0.2) is 5.69 Å². The Kier molecular flexibility index (Phi) is 6.67. The van der Waals surface area contributed by atoms with Crippen LogP contribution in [0.3, 0.4) is 0 Å². The zero-order chi connectivity index (χ0) is 20.0. The maximum Gasteiger partial charge on any atom is 0.308 e. The number of benzene rings is 1. The molecule has 0 saturated heterocycles. The van der Waals surface area contributed by atoms with Crippen LogP contribution >= 0.6 is 11.6 Å². The minimum atomic E-state index is -0.568. The highest BCUT2D eigenvalue weighted by molar-refractivity contribution is 6.30. The van der Waals surface area contributed by atoms with Crippen molar-refractivity contribution in [3.05, 3.63) is 46.7 Å². The molecule has 1 aliphatic rings. The standard InChI is InChI=1S/C20H25ClN4O3/c1-2-28-18(26)12-20(10-4-3-5-11-20)22-19(27)17-14-25(24-23-17)13-15-6-8-16(21)9-7-15/h6-9,14H,2-5,10-13H2,1H3,(H,22,27). The predicted octanol–water partition coefficient (Wildman–Crippen LogP) is 3.37. The van der Waals surface area contributed by atoms with Gasteiger partial charge < -0.3 is 10.1 Å². The van der Waals surface area contributed by atoms with E-state index in [-0.39, 0.29) is 24.0 Å². The fraction of sp³-hybridized carbons (Fsp3) is 0.500. The Morgan fingerprint density at radius 2 is 1.93 bits per heavy atom. The maximum absolute atomic E-state index is 12.8. The van der Waals surface area contributed by atoms with Gasteiger partial charge in [0, 0.05) is 5.02 Å². The van der Waals surface area contributed by atoms with Crippen molar-refractivity contribution >= 4 is 23.5 Å². The second kappa shape index (κ2) is 9.19. The molecule has 1 heterocycles. The SMILES string of the molecule is CCOC(=O)CC1(NC(=O)c2cn(Cc3ccc(Cl)cc3)nn2)CCCCC1. The molecule has 7 nitrogen and oxygen atoms in total. The van der Waals surface area contributed by atoms with Gasteiger partial charge in [-0.1, -0.05) is 48.2 Å². The van der Waals surface area contributed by atoms with Crippen LogP contribution in [0.25, 0.3) is 0 Å². The first kappa shape index (κ1) is 20.3. The van der Waals surface area contributed by atoms with Crippen LogP contribution in [0, 0.1) is 0 Å². The zero-order valence-corrected chi connectivity index (χ0v) is 16.7. The number of nitrogens with one attached hydrogen (secondary N) is 1. The Labute approximate surface area is 169 Å². The molecule has 2 aromatic rings. The van der Waals surface area contributed by atoms with Crippen LogP contribution in [0.2, 0.25) is 5.02 Å². The van der Waals surface area contributed by atoms with E-state index in [0.29, 0.717) is 18.2 Å². The smallest absolute Gasteiger partial charge is 0.308 e. The molecule has 1 aromatic heterocycles. The van der Waals surface area contributed by atoms with Crippen LogP contribution in [-0.4, -0.2) is 39.0 Å². The Bertz CT molecular complexity index is 813. The van der Waals surface area contributed by atoms with E-state index in [9.17, 15) is 9.59 Å². The summed E-state index contributed by atoms with van der Waals surface area (Å²) >= 11 is 5.90. The first-order valence-corrected chi connectivity index (χ1v) is 10.0. The van der Waals surface area contributed by atoms with Crippen LogP contribution in [0.15, 0.2) is 30.5 Å². The second-order valence-corrected chi connectivity index (χ2v) is 7.64. The van der Waals surface area contributed by atoms with Gasteiger partial charge in [-0.3, -0.25) is 9.59 Å². The molecule has 28 heavy (non-hydrogen) atoms. The summed E-state index contributed by atoms with van der Waals surface area (Å²) in [6.45, 7) is 2.61. The fourth-order valence-corrected chi connectivity index (χ4v) is 3.75. The third kappa shape index (κ3) is 5.32. The van der Waals surface area contributed by atoms with E-state index in [0.717, 1.165) is 37.7 Å². The van der Waals surface area contributed by atoms with E-state index >= 15 is 0 Å². The molecule has 1 fully saturated rings. The number of ether oxygens (including phenoxy) is 1. The summed E-state index contributed by atoms with van der Waals surface area (Å²) in [5.41, 5.74) is 0.678. The van der Waals surface area contributed by atoms with Crippen LogP contribution in [0.1, 0.15) is 61.5 Å². The number of hydrogen-bond donors (Lipinski definition) is 1. The van der Waals surface area contributed by atoms with Gasteiger partial charge in [-0.2, -0.15) is 0 Å². The summed E-state index contributed by atoms with van der Waals surface area (Å²) in [4.78, 5) is 24.8. The zero-order valence-electron chi connectivity index (χ0n) is 16.0. The maximum atomic E-state index is 12.8. The molecule has 0 spiro atoms. The number of halogens is 1. The topological polar surface area (TPSA) is 86.1 Å². The summed E-state index contributed by atoms with van der Waals surface area (Å²) in [5, 5.41) is 11.8. The Hall–Kier alpha value is -2.41. The largest absolute Gasteiger partial charge is 0.466 e. The van der Waals surface area contributed by atoms with Crippen LogP contribution < -0.4 is 5.32 Å². The van der Waals surface area contributed by atoms with E-state index in [2.05, 4.69) is 15.6 Å². The highest BCUT2D eigenvalue weighted by atomic mass is 35.5. The molecule has 1 aromatic carbocycles. The molecule has 0 bridgehead atoms. The highest BCUT2D eigenvalue weighted by Crippen LogP contribution is 2.31. The minimum absolute atomic E-state index is 0.186. The van der Waals surface area contributed by atoms with Crippen molar-refractivity contribution in [1.82, 2.24) is 20.3 Å². The fourth-order valence-electron chi connectivity index (χ4n) is 3.62. The van der Waals surface area contributed by atoms with E-state index in [4.69, 9.17) is 16.3 Å². The number of amides is 1. The quantitative estimate of drug-likeness (QED) is 0.715. The van der Waals surface area contributed by atoms with Crippen LogP contribution in [-0.2, 0) is 16.1 Å². The molecule has 1 amide bonds. The van der Waals surface area contributed by atoms with Crippen molar-refractivity contribution in [3.63, 3.8) is 0 Å². The Morgan fingerprint density at radius 1 is 1.21 bits per heavy atom. The van der Waals surface area contributed by atoms with E-state index in [1.54, 1.807) is 17.8 Å². The molecule has 1 N–H and O–H groups in total. The first-order chi connectivity index (χ1) is 13.5. The minimum Gasteiger partial charge on any atom is -0.466 e. The molecular weight excluding hydrogens is 380 g/mol. The number of esters is 1. The molecule has 150 valence electrons. The molecular formula is C20H25ClN4O3. The molecule has 1 aliphatic carbocycles. The lowest BCUT2D eigenvalue weighted by molar-refractivity contribution is -0.145. The average molecular weight is 405 g/mol. The van der Waals surface area contributed by atoms with Crippen molar-refractivity contribution in [2.45, 2.75) is 57.5 Å². The number of aromatic nitrogens is 3. The predicted molar refractivity (Wildman–Crippen MR) is 105 cm³/mol. The number of carbonyl (C=O) groups is 2. The van der Waals surface area contributed by atoms with Crippen molar-refractivity contribution in [1.29, 1.82) is 0 Å². The van der Waals surface area contributed by atoms with Gasteiger partial charge >= 0.3 is 5.97 Å². The van der Waals surface area contributed by atoms with Gasteiger partial charge in [0.1, 0.15) is 0 Å². The molecule has 0 atom stereocenters. The number of hydrogen-bond acceptors (Lipinski definition) is 5. The summed E-state index contributed by atoms with van der Waals surface area (Å²) in [5.74, 6) is -0.593. The summed E-state index contributed by atoms with van der Waals surface area (Å²) in [7, 11) is 0.